The fraction of sp³-hybridized carbons (Fsp3) is 0.714. The second kappa shape index (κ2) is 5.46. The first-order chi connectivity index (χ1) is 9.68. The van der Waals surface area contributed by atoms with E-state index in [9.17, 15) is 4.79 Å². The van der Waals surface area contributed by atoms with Crippen LogP contribution in [0, 0.1) is 0 Å². The molecule has 0 amide bonds. The molecule has 0 aliphatic carbocycles. The molecule has 1 aliphatic rings. The van der Waals surface area contributed by atoms with Crippen molar-refractivity contribution in [1.82, 2.24) is 9.78 Å². The summed E-state index contributed by atoms with van der Waals surface area (Å²) in [6.07, 6.45) is 3.43. The van der Waals surface area contributed by atoms with Crippen molar-refractivity contribution < 1.29 is 18.8 Å². The number of carbonyl (C=O) groups is 1. The monoisotopic (exact) mass is 294 g/mol. The normalized spacial score (nSPS) is 21.3. The van der Waals surface area contributed by atoms with Crippen LogP contribution in [-0.2, 0) is 18.8 Å². The Balaban J connectivity index is 2.13. The van der Waals surface area contributed by atoms with Crippen molar-refractivity contribution in [2.75, 3.05) is 6.61 Å². The van der Waals surface area contributed by atoms with Crippen LogP contribution in [0.4, 0.5) is 0 Å². The van der Waals surface area contributed by atoms with Crippen LogP contribution in [0.15, 0.2) is 12.4 Å². The van der Waals surface area contributed by atoms with Gasteiger partial charge in [-0.1, -0.05) is 0 Å². The van der Waals surface area contributed by atoms with Gasteiger partial charge in [0.1, 0.15) is 6.04 Å². The number of hydrogen-bond acceptors (Lipinski definition) is 5. The number of nitrogens with zero attached hydrogens (tertiary/aromatic N) is 2. The fourth-order valence-electron chi connectivity index (χ4n) is 2.04. The molecule has 1 aliphatic heterocycles. The Morgan fingerprint density at radius 2 is 1.95 bits per heavy atom. The highest BCUT2D eigenvalue weighted by Crippen LogP contribution is 2.36. The SMILES string of the molecule is CCOC(=O)[C@H](C)n1cc(B2OC(C)(C)C(C)(C)O2)cn1. The van der Waals surface area contributed by atoms with Crippen molar-refractivity contribution in [2.24, 2.45) is 0 Å². The summed E-state index contributed by atoms with van der Waals surface area (Å²) in [4.78, 5) is 11.7. The first-order valence-electron chi connectivity index (χ1n) is 7.24. The maximum atomic E-state index is 11.7. The molecule has 2 rings (SSSR count). The van der Waals surface area contributed by atoms with Crippen LogP contribution in [0.5, 0.6) is 0 Å². The summed E-state index contributed by atoms with van der Waals surface area (Å²) in [5.74, 6) is -0.305. The van der Waals surface area contributed by atoms with E-state index >= 15 is 0 Å². The number of hydrogen-bond donors (Lipinski definition) is 0. The summed E-state index contributed by atoms with van der Waals surface area (Å²) in [5, 5.41) is 4.22. The summed E-state index contributed by atoms with van der Waals surface area (Å²) >= 11 is 0. The summed E-state index contributed by atoms with van der Waals surface area (Å²) in [6, 6.07) is -0.471. The Bertz CT molecular complexity index is 511. The molecule has 116 valence electrons. The predicted octanol–water partition coefficient (Wildman–Crippen LogP) is 1.31. The van der Waals surface area contributed by atoms with Gasteiger partial charge in [-0.05, 0) is 41.5 Å². The van der Waals surface area contributed by atoms with Gasteiger partial charge in [0, 0.05) is 17.9 Å². The lowest BCUT2D eigenvalue weighted by Crippen LogP contribution is -2.41. The highest BCUT2D eigenvalue weighted by molar-refractivity contribution is 6.62. The zero-order chi connectivity index (χ0) is 15.8. The Hall–Kier alpha value is -1.34. The minimum Gasteiger partial charge on any atom is -0.464 e. The molecule has 1 aromatic rings. The highest BCUT2D eigenvalue weighted by Gasteiger charge is 2.52. The lowest BCUT2D eigenvalue weighted by atomic mass is 9.82. The van der Waals surface area contributed by atoms with Gasteiger partial charge in [-0.25, -0.2) is 4.79 Å². The molecule has 0 saturated carbocycles. The van der Waals surface area contributed by atoms with Crippen molar-refractivity contribution in [1.29, 1.82) is 0 Å². The summed E-state index contributed by atoms with van der Waals surface area (Å²) in [5.41, 5.74) is 0.00350. The first-order valence-corrected chi connectivity index (χ1v) is 7.24. The van der Waals surface area contributed by atoms with E-state index in [1.807, 2.05) is 27.7 Å². The summed E-state index contributed by atoms with van der Waals surface area (Å²) in [7, 11) is -0.474. The third-order valence-electron chi connectivity index (χ3n) is 4.17. The van der Waals surface area contributed by atoms with E-state index < -0.39 is 24.4 Å². The molecule has 1 atom stereocenters. The van der Waals surface area contributed by atoms with Gasteiger partial charge in [0.2, 0.25) is 0 Å². The third-order valence-corrected chi connectivity index (χ3v) is 4.17. The number of esters is 1. The minimum atomic E-state index is -0.474. The molecule has 2 heterocycles. The van der Waals surface area contributed by atoms with Crippen LogP contribution in [0.2, 0.25) is 0 Å². The first kappa shape index (κ1) is 16.0. The molecule has 6 nitrogen and oxygen atoms in total. The van der Waals surface area contributed by atoms with Crippen LogP contribution < -0.4 is 5.46 Å². The Labute approximate surface area is 125 Å². The van der Waals surface area contributed by atoms with Crippen molar-refractivity contribution in [3.8, 4) is 0 Å². The largest absolute Gasteiger partial charge is 0.498 e. The average Bonchev–Trinajstić information content (AvgIpc) is 2.92. The van der Waals surface area contributed by atoms with Gasteiger partial charge in [0.25, 0.3) is 0 Å². The molecule has 7 heteroatoms. The van der Waals surface area contributed by atoms with E-state index in [1.165, 1.54) is 0 Å². The molecule has 0 radical (unpaired) electrons. The van der Waals surface area contributed by atoms with Crippen LogP contribution >= 0.6 is 0 Å². The van der Waals surface area contributed by atoms with E-state index in [2.05, 4.69) is 5.10 Å². The highest BCUT2D eigenvalue weighted by atomic mass is 16.7. The molecule has 21 heavy (non-hydrogen) atoms. The van der Waals surface area contributed by atoms with Crippen LogP contribution in [0.25, 0.3) is 0 Å². The van der Waals surface area contributed by atoms with Gasteiger partial charge in [0.15, 0.2) is 0 Å². The fourth-order valence-corrected chi connectivity index (χ4v) is 2.04. The van der Waals surface area contributed by atoms with Crippen LogP contribution in [0.3, 0.4) is 0 Å². The molecule has 1 fully saturated rings. The van der Waals surface area contributed by atoms with Gasteiger partial charge in [-0.2, -0.15) is 5.10 Å². The number of aromatic nitrogens is 2. The summed E-state index contributed by atoms with van der Waals surface area (Å²) in [6.45, 7) is 11.9. The summed E-state index contributed by atoms with van der Waals surface area (Å²) < 4.78 is 18.5. The van der Waals surface area contributed by atoms with Gasteiger partial charge in [-0.15, -0.1) is 0 Å². The molecule has 0 bridgehead atoms. The number of carbonyl (C=O) groups excluding carboxylic acids is 1. The maximum absolute atomic E-state index is 11.7. The van der Waals surface area contributed by atoms with Gasteiger partial charge >= 0.3 is 13.1 Å². The topological polar surface area (TPSA) is 62.6 Å². The quantitative estimate of drug-likeness (QED) is 0.619. The lowest BCUT2D eigenvalue weighted by molar-refractivity contribution is -0.146. The molecular weight excluding hydrogens is 271 g/mol. The zero-order valence-electron chi connectivity index (χ0n) is 13.5. The number of rotatable bonds is 4. The molecular formula is C14H23BN2O4. The zero-order valence-corrected chi connectivity index (χ0v) is 13.5. The molecule has 0 N–H and O–H groups in total. The third kappa shape index (κ3) is 2.99. The Kier molecular flexibility index (Phi) is 4.17. The maximum Gasteiger partial charge on any atom is 0.498 e. The molecule has 0 spiro atoms. The second-order valence-corrected chi connectivity index (χ2v) is 6.27. The number of ether oxygens (including phenoxy) is 1. The van der Waals surface area contributed by atoms with Crippen molar-refractivity contribution in [3.05, 3.63) is 12.4 Å². The Morgan fingerprint density at radius 3 is 2.48 bits per heavy atom. The van der Waals surface area contributed by atoms with Gasteiger partial charge in [0.05, 0.1) is 17.8 Å². The molecule has 1 saturated heterocycles. The van der Waals surface area contributed by atoms with Gasteiger partial charge in [-0.3, -0.25) is 4.68 Å². The van der Waals surface area contributed by atoms with E-state index in [0.717, 1.165) is 5.46 Å². The average molecular weight is 294 g/mol. The van der Waals surface area contributed by atoms with E-state index in [1.54, 1.807) is 30.9 Å². The molecule has 1 aromatic heterocycles. The van der Waals surface area contributed by atoms with E-state index in [-0.39, 0.29) is 5.97 Å². The molecule has 0 aromatic carbocycles. The van der Waals surface area contributed by atoms with Crippen LogP contribution in [-0.4, -0.2) is 40.7 Å². The van der Waals surface area contributed by atoms with Crippen molar-refractivity contribution in [2.45, 2.75) is 58.8 Å². The van der Waals surface area contributed by atoms with Crippen LogP contribution in [0.1, 0.15) is 47.6 Å². The molecule has 0 unspecified atom stereocenters. The standard InChI is InChI=1S/C14H23BN2O4/c1-7-19-12(18)10(2)17-9-11(8-16-17)15-20-13(3,4)14(5,6)21-15/h8-10H,7H2,1-6H3/t10-/m0/s1. The lowest BCUT2D eigenvalue weighted by Gasteiger charge is -2.32. The van der Waals surface area contributed by atoms with Gasteiger partial charge < -0.3 is 14.0 Å². The minimum absolute atomic E-state index is 0.305. The van der Waals surface area contributed by atoms with Crippen molar-refractivity contribution in [3.63, 3.8) is 0 Å². The van der Waals surface area contributed by atoms with Crippen molar-refractivity contribution >= 4 is 18.6 Å². The Morgan fingerprint density at radius 1 is 1.38 bits per heavy atom. The smallest absolute Gasteiger partial charge is 0.464 e. The second-order valence-electron chi connectivity index (χ2n) is 6.27. The predicted molar refractivity (Wildman–Crippen MR) is 79.3 cm³/mol. The van der Waals surface area contributed by atoms with E-state index in [0.29, 0.717) is 6.61 Å². The van der Waals surface area contributed by atoms with E-state index in [4.69, 9.17) is 14.0 Å².